The van der Waals surface area contributed by atoms with Crippen molar-refractivity contribution in [1.82, 2.24) is 10.2 Å². The Labute approximate surface area is 247 Å². The van der Waals surface area contributed by atoms with E-state index in [9.17, 15) is 26.8 Å². The predicted molar refractivity (Wildman–Crippen MR) is 161 cm³/mol. The quantitative estimate of drug-likeness (QED) is 0.270. The van der Waals surface area contributed by atoms with Crippen LogP contribution in [0.1, 0.15) is 49.8 Å². The third-order valence-corrected chi connectivity index (χ3v) is 8.41. The van der Waals surface area contributed by atoms with Crippen molar-refractivity contribution in [3.8, 4) is 0 Å². The lowest BCUT2D eigenvalue weighted by Gasteiger charge is -2.33. The first-order valence-electron chi connectivity index (χ1n) is 14.0. The third-order valence-electron chi connectivity index (χ3n) is 7.22. The summed E-state index contributed by atoms with van der Waals surface area (Å²) in [6, 6.07) is 19.0. The normalized spacial score (nSPS) is 12.8. The topological polar surface area (TPSA) is 86.8 Å². The van der Waals surface area contributed by atoms with E-state index >= 15 is 0 Å². The number of halogens is 2. The Morgan fingerprint density at radius 2 is 1.62 bits per heavy atom. The highest BCUT2D eigenvalue weighted by molar-refractivity contribution is 7.92. The third kappa shape index (κ3) is 9.11. The molecule has 226 valence electrons. The Balaban J connectivity index is 1.91. The van der Waals surface area contributed by atoms with Crippen LogP contribution in [0.5, 0.6) is 0 Å². The molecular formula is C32H39F2N3O4S. The summed E-state index contributed by atoms with van der Waals surface area (Å²) in [5.41, 5.74) is 2.72. The number of carbonyl (C=O) groups excluding carboxylic acids is 2. The largest absolute Gasteiger partial charge is 0.352 e. The standard InChI is InChI=1S/C32H39F2N3O4S/c1-5-24(3)35-32(39)30(20-25-13-7-6-8-14-25)36(22-26-15-10-9-12-23(26)2)31(38)16-11-19-37(42(4,40)41)27-17-18-28(33)29(34)21-27/h6-10,12-15,17-18,21,24,30H,5,11,16,19-20,22H2,1-4H3,(H,35,39)/t24-,30+/m0/s1. The van der Waals surface area contributed by atoms with Crippen molar-refractivity contribution in [2.45, 2.75) is 65.1 Å². The minimum atomic E-state index is -3.85. The highest BCUT2D eigenvalue weighted by Crippen LogP contribution is 2.23. The SMILES string of the molecule is CC[C@H](C)NC(=O)[C@@H](Cc1ccccc1)N(Cc1ccccc1C)C(=O)CCCN(c1ccc(F)c(F)c1)S(C)(=O)=O. The summed E-state index contributed by atoms with van der Waals surface area (Å²) in [6.07, 6.45) is 2.02. The molecule has 10 heteroatoms. The maximum Gasteiger partial charge on any atom is 0.243 e. The lowest BCUT2D eigenvalue weighted by molar-refractivity contribution is -0.141. The molecule has 7 nitrogen and oxygen atoms in total. The van der Waals surface area contributed by atoms with Crippen LogP contribution in [-0.4, -0.2) is 50.0 Å². The van der Waals surface area contributed by atoms with E-state index in [4.69, 9.17) is 0 Å². The number of amides is 2. The molecule has 0 aliphatic rings. The fourth-order valence-electron chi connectivity index (χ4n) is 4.61. The molecule has 0 heterocycles. The Morgan fingerprint density at radius 3 is 2.24 bits per heavy atom. The van der Waals surface area contributed by atoms with Gasteiger partial charge in [-0.25, -0.2) is 17.2 Å². The van der Waals surface area contributed by atoms with E-state index < -0.39 is 27.7 Å². The van der Waals surface area contributed by atoms with Crippen LogP contribution in [0.25, 0.3) is 0 Å². The number of sulfonamides is 1. The van der Waals surface area contributed by atoms with E-state index in [0.717, 1.165) is 45.8 Å². The molecule has 0 spiro atoms. The van der Waals surface area contributed by atoms with E-state index in [1.807, 2.05) is 75.4 Å². The molecule has 2 amide bonds. The van der Waals surface area contributed by atoms with Gasteiger partial charge in [0, 0.05) is 38.0 Å². The second-order valence-corrected chi connectivity index (χ2v) is 12.4. The highest BCUT2D eigenvalue weighted by atomic mass is 32.2. The van der Waals surface area contributed by atoms with Gasteiger partial charge in [-0.2, -0.15) is 0 Å². The number of hydrogen-bond acceptors (Lipinski definition) is 4. The summed E-state index contributed by atoms with van der Waals surface area (Å²) in [4.78, 5) is 29.1. The summed E-state index contributed by atoms with van der Waals surface area (Å²) in [5, 5.41) is 3.02. The van der Waals surface area contributed by atoms with E-state index in [-0.39, 0.29) is 49.5 Å². The number of hydrogen-bond donors (Lipinski definition) is 1. The summed E-state index contributed by atoms with van der Waals surface area (Å²) in [5.74, 6) is -2.85. The number of benzene rings is 3. The second-order valence-electron chi connectivity index (χ2n) is 10.5. The summed E-state index contributed by atoms with van der Waals surface area (Å²) >= 11 is 0. The maximum atomic E-state index is 13.9. The fraction of sp³-hybridized carbons (Fsp3) is 0.375. The summed E-state index contributed by atoms with van der Waals surface area (Å²) in [6.45, 7) is 5.87. The van der Waals surface area contributed by atoms with E-state index in [1.54, 1.807) is 4.90 Å². The smallest absolute Gasteiger partial charge is 0.243 e. The van der Waals surface area contributed by atoms with Gasteiger partial charge in [-0.15, -0.1) is 0 Å². The Morgan fingerprint density at radius 1 is 0.952 bits per heavy atom. The average Bonchev–Trinajstić information content (AvgIpc) is 2.95. The van der Waals surface area contributed by atoms with Crippen LogP contribution in [-0.2, 0) is 32.6 Å². The predicted octanol–water partition coefficient (Wildman–Crippen LogP) is 5.37. The van der Waals surface area contributed by atoms with Gasteiger partial charge in [0.25, 0.3) is 0 Å². The van der Waals surface area contributed by atoms with Crippen molar-refractivity contribution in [2.75, 3.05) is 17.1 Å². The number of carbonyl (C=O) groups is 2. The molecule has 3 aromatic rings. The Hall–Kier alpha value is -3.79. The Kier molecular flexibility index (Phi) is 11.6. The van der Waals surface area contributed by atoms with Crippen LogP contribution < -0.4 is 9.62 Å². The number of nitrogens with one attached hydrogen (secondary N) is 1. The van der Waals surface area contributed by atoms with E-state index in [0.29, 0.717) is 6.42 Å². The van der Waals surface area contributed by atoms with Crippen LogP contribution in [0.15, 0.2) is 72.8 Å². The zero-order valence-electron chi connectivity index (χ0n) is 24.5. The van der Waals surface area contributed by atoms with E-state index in [1.165, 1.54) is 6.07 Å². The summed E-state index contributed by atoms with van der Waals surface area (Å²) in [7, 11) is -3.85. The molecule has 3 rings (SSSR count). The molecule has 2 atom stereocenters. The highest BCUT2D eigenvalue weighted by Gasteiger charge is 2.31. The first-order chi connectivity index (χ1) is 19.9. The van der Waals surface area contributed by atoms with Crippen LogP contribution in [0, 0.1) is 18.6 Å². The van der Waals surface area contributed by atoms with Gasteiger partial charge >= 0.3 is 0 Å². The van der Waals surface area contributed by atoms with Crippen LogP contribution in [0.4, 0.5) is 14.5 Å². The molecule has 0 saturated carbocycles. The average molecular weight is 600 g/mol. The van der Waals surface area contributed by atoms with Crippen molar-refractivity contribution < 1.29 is 26.8 Å². The van der Waals surface area contributed by atoms with Crippen molar-refractivity contribution in [2.24, 2.45) is 0 Å². The molecule has 0 fully saturated rings. The van der Waals surface area contributed by atoms with Gasteiger partial charge in [0.15, 0.2) is 11.6 Å². The monoisotopic (exact) mass is 599 g/mol. The molecule has 0 bridgehead atoms. The van der Waals surface area contributed by atoms with Gasteiger partial charge in [-0.1, -0.05) is 61.5 Å². The fourth-order valence-corrected chi connectivity index (χ4v) is 5.57. The lowest BCUT2D eigenvalue weighted by atomic mass is 10.0. The van der Waals surface area contributed by atoms with E-state index in [2.05, 4.69) is 5.32 Å². The Bertz CT molecular complexity index is 1470. The molecule has 0 unspecified atom stereocenters. The minimum Gasteiger partial charge on any atom is -0.352 e. The molecule has 0 saturated heterocycles. The number of aryl methyl sites for hydroxylation is 1. The molecule has 42 heavy (non-hydrogen) atoms. The van der Waals surface area contributed by atoms with Crippen LogP contribution in [0.2, 0.25) is 0 Å². The molecule has 0 radical (unpaired) electrons. The number of rotatable bonds is 14. The van der Waals surface area contributed by atoms with Crippen molar-refractivity contribution >= 4 is 27.5 Å². The maximum absolute atomic E-state index is 13.9. The second kappa shape index (κ2) is 14.9. The molecule has 0 aliphatic heterocycles. The van der Waals surface area contributed by atoms with Crippen molar-refractivity contribution in [3.05, 3.63) is 101 Å². The van der Waals surface area contributed by atoms with Crippen LogP contribution >= 0.6 is 0 Å². The van der Waals surface area contributed by atoms with Gasteiger partial charge in [0.2, 0.25) is 21.8 Å². The van der Waals surface area contributed by atoms with Crippen molar-refractivity contribution in [1.29, 1.82) is 0 Å². The molecule has 3 aromatic carbocycles. The van der Waals surface area contributed by atoms with Gasteiger partial charge in [0.1, 0.15) is 6.04 Å². The summed E-state index contributed by atoms with van der Waals surface area (Å²) < 4.78 is 53.3. The molecule has 0 aliphatic carbocycles. The van der Waals surface area contributed by atoms with Gasteiger partial charge in [-0.05, 0) is 55.5 Å². The zero-order chi connectivity index (χ0) is 30.9. The lowest BCUT2D eigenvalue weighted by Crippen LogP contribution is -2.52. The minimum absolute atomic E-state index is 0.0319. The molecular weight excluding hydrogens is 560 g/mol. The molecule has 0 aromatic heterocycles. The van der Waals surface area contributed by atoms with Crippen LogP contribution in [0.3, 0.4) is 0 Å². The van der Waals surface area contributed by atoms with Gasteiger partial charge in [0.05, 0.1) is 11.9 Å². The first-order valence-corrected chi connectivity index (χ1v) is 15.9. The molecule has 1 N–H and O–H groups in total. The number of anilines is 1. The van der Waals surface area contributed by atoms with Gasteiger partial charge in [-0.3, -0.25) is 13.9 Å². The zero-order valence-corrected chi connectivity index (χ0v) is 25.3. The first kappa shape index (κ1) is 32.7. The number of nitrogens with zero attached hydrogens (tertiary/aromatic N) is 2. The van der Waals surface area contributed by atoms with Gasteiger partial charge < -0.3 is 10.2 Å². The van der Waals surface area contributed by atoms with Crippen molar-refractivity contribution in [3.63, 3.8) is 0 Å².